The zero-order valence-electron chi connectivity index (χ0n) is 10.7. The number of rotatable bonds is 3. The molecule has 0 saturated heterocycles. The third-order valence-electron chi connectivity index (χ3n) is 2.79. The summed E-state index contributed by atoms with van der Waals surface area (Å²) in [6, 6.07) is 8.06. The van der Waals surface area contributed by atoms with E-state index in [-0.39, 0.29) is 0 Å². The minimum atomic E-state index is -3.31. The lowest BCUT2D eigenvalue weighted by Crippen LogP contribution is -2.09. The van der Waals surface area contributed by atoms with Crippen LogP contribution in [0.4, 0.5) is 0 Å². The van der Waals surface area contributed by atoms with Crippen LogP contribution in [-0.2, 0) is 10.0 Å². The second-order valence-electron chi connectivity index (χ2n) is 4.64. The number of nitrogens with zero attached hydrogens (tertiary/aromatic N) is 2. The van der Waals surface area contributed by atoms with E-state index in [1.54, 1.807) is 6.20 Å². The summed E-state index contributed by atoms with van der Waals surface area (Å²) in [5.41, 5.74) is 3.01. The Bertz CT molecular complexity index is 657. The molecule has 4 nitrogen and oxygen atoms in total. The fourth-order valence-corrected chi connectivity index (χ4v) is 2.24. The predicted octanol–water partition coefficient (Wildman–Crippen LogP) is 2.48. The lowest BCUT2D eigenvalue weighted by molar-refractivity contribution is 0.586. The molecule has 0 N–H and O–H groups in total. The summed E-state index contributed by atoms with van der Waals surface area (Å²) in [5, 5.41) is 3.87. The second kappa shape index (κ2) is 4.57. The van der Waals surface area contributed by atoms with Gasteiger partial charge in [-0.05, 0) is 17.0 Å². The predicted molar refractivity (Wildman–Crippen MR) is 72.0 cm³/mol. The Labute approximate surface area is 107 Å². The Morgan fingerprint density at radius 3 is 2.50 bits per heavy atom. The molecule has 0 radical (unpaired) electrons. The van der Waals surface area contributed by atoms with Gasteiger partial charge in [-0.2, -0.15) is 9.19 Å². The van der Waals surface area contributed by atoms with Gasteiger partial charge in [-0.25, -0.2) is 8.42 Å². The highest BCUT2D eigenvalue weighted by Crippen LogP contribution is 2.23. The molecule has 2 aromatic rings. The zero-order valence-corrected chi connectivity index (χ0v) is 11.5. The molecule has 1 aromatic heterocycles. The smallest absolute Gasteiger partial charge is 0.205 e. The van der Waals surface area contributed by atoms with Crippen LogP contribution in [0, 0.1) is 0 Å². The molecule has 1 heterocycles. The third-order valence-corrected chi connectivity index (χ3v) is 3.67. The number of benzene rings is 1. The van der Waals surface area contributed by atoms with E-state index >= 15 is 0 Å². The van der Waals surface area contributed by atoms with Crippen molar-refractivity contribution in [2.45, 2.75) is 19.8 Å². The Morgan fingerprint density at radius 1 is 1.22 bits per heavy atom. The maximum atomic E-state index is 11.4. The van der Waals surface area contributed by atoms with Crippen LogP contribution < -0.4 is 0 Å². The quantitative estimate of drug-likeness (QED) is 0.855. The number of hydrogen-bond donors (Lipinski definition) is 0. The van der Waals surface area contributed by atoms with E-state index < -0.39 is 10.0 Å². The maximum Gasteiger partial charge on any atom is 0.250 e. The largest absolute Gasteiger partial charge is 0.250 e. The molecule has 0 amide bonds. The summed E-state index contributed by atoms with van der Waals surface area (Å²) >= 11 is 0. The monoisotopic (exact) mass is 264 g/mol. The standard InChI is InChI=1S/C13H16N2O2S/c1-10(2)11-5-4-6-12(7-11)13-8-14-15(9-13)18(3,16)17/h4-10H,1-3H3. The Kier molecular flexibility index (Phi) is 3.26. The average molecular weight is 264 g/mol. The summed E-state index contributed by atoms with van der Waals surface area (Å²) < 4.78 is 23.7. The van der Waals surface area contributed by atoms with E-state index in [1.807, 2.05) is 12.1 Å². The van der Waals surface area contributed by atoms with Crippen LogP contribution in [0.2, 0.25) is 0 Å². The summed E-state index contributed by atoms with van der Waals surface area (Å²) in [6.07, 6.45) is 4.24. The van der Waals surface area contributed by atoms with Crippen LogP contribution >= 0.6 is 0 Å². The maximum absolute atomic E-state index is 11.4. The first kappa shape index (κ1) is 12.8. The van der Waals surface area contributed by atoms with Crippen molar-refractivity contribution in [2.75, 3.05) is 6.26 Å². The summed E-state index contributed by atoms with van der Waals surface area (Å²) in [6.45, 7) is 4.25. The van der Waals surface area contributed by atoms with Crippen molar-refractivity contribution < 1.29 is 8.42 Å². The van der Waals surface area contributed by atoms with Gasteiger partial charge in [-0.1, -0.05) is 38.1 Å². The summed E-state index contributed by atoms with van der Waals surface area (Å²) in [5.74, 6) is 0.440. The van der Waals surface area contributed by atoms with Gasteiger partial charge in [0.25, 0.3) is 10.0 Å². The van der Waals surface area contributed by atoms with Gasteiger partial charge < -0.3 is 0 Å². The fraction of sp³-hybridized carbons (Fsp3) is 0.308. The summed E-state index contributed by atoms with van der Waals surface area (Å²) in [4.78, 5) is 0. The molecule has 0 spiro atoms. The van der Waals surface area contributed by atoms with Crippen molar-refractivity contribution in [3.63, 3.8) is 0 Å². The molecule has 0 aliphatic rings. The molecule has 0 aliphatic heterocycles. The van der Waals surface area contributed by atoms with Gasteiger partial charge in [0.2, 0.25) is 0 Å². The van der Waals surface area contributed by atoms with Crippen molar-refractivity contribution in [2.24, 2.45) is 0 Å². The topological polar surface area (TPSA) is 52.0 Å². The van der Waals surface area contributed by atoms with Crippen molar-refractivity contribution in [3.8, 4) is 11.1 Å². The van der Waals surface area contributed by atoms with Crippen molar-refractivity contribution >= 4 is 10.0 Å². The van der Waals surface area contributed by atoms with Gasteiger partial charge in [-0.3, -0.25) is 0 Å². The Morgan fingerprint density at radius 2 is 1.94 bits per heavy atom. The molecule has 0 fully saturated rings. The minimum Gasteiger partial charge on any atom is -0.205 e. The number of aromatic nitrogens is 2. The zero-order chi connectivity index (χ0) is 13.3. The normalized spacial score (nSPS) is 12.0. The van der Waals surface area contributed by atoms with E-state index in [4.69, 9.17) is 0 Å². The van der Waals surface area contributed by atoms with Crippen LogP contribution in [-0.4, -0.2) is 23.9 Å². The SMILES string of the molecule is CC(C)c1cccc(-c2cnn(S(C)(=O)=O)c2)c1. The van der Waals surface area contributed by atoms with Gasteiger partial charge in [0.05, 0.1) is 18.6 Å². The first-order valence-corrected chi connectivity index (χ1v) is 7.58. The highest BCUT2D eigenvalue weighted by molar-refractivity contribution is 7.89. The minimum absolute atomic E-state index is 0.440. The Hall–Kier alpha value is -1.62. The molecule has 0 saturated carbocycles. The highest BCUT2D eigenvalue weighted by atomic mass is 32.2. The number of hydrogen-bond acceptors (Lipinski definition) is 3. The van der Waals surface area contributed by atoms with Crippen molar-refractivity contribution in [3.05, 3.63) is 42.2 Å². The first-order valence-electron chi connectivity index (χ1n) is 5.73. The fourth-order valence-electron chi connectivity index (χ4n) is 1.71. The molecule has 0 aliphatic carbocycles. The second-order valence-corrected chi connectivity index (χ2v) is 6.48. The van der Waals surface area contributed by atoms with E-state index in [0.29, 0.717) is 5.92 Å². The van der Waals surface area contributed by atoms with Gasteiger partial charge in [-0.15, -0.1) is 0 Å². The molecule has 0 unspecified atom stereocenters. The van der Waals surface area contributed by atoms with Crippen LogP contribution in [0.25, 0.3) is 11.1 Å². The van der Waals surface area contributed by atoms with Gasteiger partial charge in [0.1, 0.15) is 0 Å². The molecule has 2 rings (SSSR count). The lowest BCUT2D eigenvalue weighted by atomic mass is 9.99. The van der Waals surface area contributed by atoms with E-state index in [1.165, 1.54) is 11.8 Å². The van der Waals surface area contributed by atoms with Crippen LogP contribution in [0.5, 0.6) is 0 Å². The molecule has 18 heavy (non-hydrogen) atoms. The average Bonchev–Trinajstić information content (AvgIpc) is 2.78. The molecule has 0 atom stereocenters. The van der Waals surface area contributed by atoms with Gasteiger partial charge in [0, 0.05) is 5.56 Å². The van der Waals surface area contributed by atoms with Gasteiger partial charge in [0.15, 0.2) is 0 Å². The molecule has 1 aromatic carbocycles. The summed E-state index contributed by atoms with van der Waals surface area (Å²) in [7, 11) is -3.31. The van der Waals surface area contributed by atoms with E-state index in [0.717, 1.165) is 21.5 Å². The molecule has 5 heteroatoms. The van der Waals surface area contributed by atoms with Crippen LogP contribution in [0.1, 0.15) is 25.3 Å². The lowest BCUT2D eigenvalue weighted by Gasteiger charge is -2.06. The molecule has 96 valence electrons. The Balaban J connectivity index is 2.43. The highest BCUT2D eigenvalue weighted by Gasteiger charge is 2.09. The molecule has 0 bridgehead atoms. The molecular formula is C13H16N2O2S. The third kappa shape index (κ3) is 2.61. The first-order chi connectivity index (χ1) is 8.38. The molecular weight excluding hydrogens is 248 g/mol. The van der Waals surface area contributed by atoms with Crippen molar-refractivity contribution in [1.82, 2.24) is 9.19 Å². The van der Waals surface area contributed by atoms with Crippen LogP contribution in [0.3, 0.4) is 0 Å². The van der Waals surface area contributed by atoms with E-state index in [2.05, 4.69) is 31.1 Å². The van der Waals surface area contributed by atoms with E-state index in [9.17, 15) is 8.42 Å². The van der Waals surface area contributed by atoms with Crippen LogP contribution in [0.15, 0.2) is 36.7 Å². The van der Waals surface area contributed by atoms with Crippen molar-refractivity contribution in [1.29, 1.82) is 0 Å². The van der Waals surface area contributed by atoms with Gasteiger partial charge >= 0.3 is 0 Å².